The standard InChI is InChI=1S/C27H25NO6/c1-4-34-20-12-8-11-18(15-20)28-24(17-9-6-5-7-10-17)23(26(30)27(28)31)25(29)21-16-19(32-2)13-14-22(21)33-3/h5-16,24,29H,4H2,1-3H3/b25-23+. The maximum Gasteiger partial charge on any atom is 0.300 e. The lowest BCUT2D eigenvalue weighted by Gasteiger charge is -2.26. The number of nitrogens with zero attached hydrogens (tertiary/aromatic N) is 1. The molecule has 0 spiro atoms. The molecule has 7 heteroatoms. The second-order valence-corrected chi connectivity index (χ2v) is 7.58. The molecule has 1 fully saturated rings. The molecule has 4 rings (SSSR count). The Labute approximate surface area is 197 Å². The van der Waals surface area contributed by atoms with Crippen molar-refractivity contribution in [2.24, 2.45) is 0 Å². The Morgan fingerprint density at radius 1 is 0.912 bits per heavy atom. The topological polar surface area (TPSA) is 85.3 Å². The fourth-order valence-electron chi connectivity index (χ4n) is 4.08. The first kappa shape index (κ1) is 22.9. The van der Waals surface area contributed by atoms with E-state index in [0.717, 1.165) is 0 Å². The van der Waals surface area contributed by atoms with Crippen molar-refractivity contribution in [3.05, 3.63) is 89.5 Å². The molecule has 1 unspecified atom stereocenters. The number of aliphatic hydroxyl groups is 1. The highest BCUT2D eigenvalue weighted by Crippen LogP contribution is 2.44. The van der Waals surface area contributed by atoms with Crippen molar-refractivity contribution in [1.82, 2.24) is 0 Å². The average Bonchev–Trinajstić information content (AvgIpc) is 3.14. The first-order chi connectivity index (χ1) is 16.5. The van der Waals surface area contributed by atoms with E-state index in [1.54, 1.807) is 42.5 Å². The molecule has 0 radical (unpaired) electrons. The van der Waals surface area contributed by atoms with Crippen LogP contribution in [0.2, 0.25) is 0 Å². The normalized spacial score (nSPS) is 17.0. The highest BCUT2D eigenvalue weighted by Gasteiger charge is 2.47. The summed E-state index contributed by atoms with van der Waals surface area (Å²) < 4.78 is 16.3. The van der Waals surface area contributed by atoms with E-state index in [0.29, 0.717) is 35.1 Å². The zero-order chi connectivity index (χ0) is 24.2. The van der Waals surface area contributed by atoms with Gasteiger partial charge in [-0.3, -0.25) is 14.5 Å². The van der Waals surface area contributed by atoms with Gasteiger partial charge < -0.3 is 19.3 Å². The van der Waals surface area contributed by atoms with E-state index in [4.69, 9.17) is 14.2 Å². The molecule has 0 aromatic heterocycles. The van der Waals surface area contributed by atoms with Crippen LogP contribution in [0.3, 0.4) is 0 Å². The predicted molar refractivity (Wildman–Crippen MR) is 128 cm³/mol. The van der Waals surface area contributed by atoms with Crippen molar-refractivity contribution in [3.63, 3.8) is 0 Å². The van der Waals surface area contributed by atoms with Gasteiger partial charge in [0.05, 0.1) is 38.0 Å². The number of carbonyl (C=O) groups excluding carboxylic acids is 2. The maximum atomic E-state index is 13.3. The molecule has 1 atom stereocenters. The highest BCUT2D eigenvalue weighted by atomic mass is 16.5. The Morgan fingerprint density at radius 3 is 2.35 bits per heavy atom. The van der Waals surface area contributed by atoms with Crippen LogP contribution in [-0.4, -0.2) is 37.6 Å². The number of amides is 1. The van der Waals surface area contributed by atoms with Crippen LogP contribution >= 0.6 is 0 Å². The molecular formula is C27H25NO6. The summed E-state index contributed by atoms with van der Waals surface area (Å²) in [5, 5.41) is 11.4. The molecule has 1 aliphatic rings. The van der Waals surface area contributed by atoms with Crippen molar-refractivity contribution in [1.29, 1.82) is 0 Å². The van der Waals surface area contributed by atoms with Gasteiger partial charge in [0.25, 0.3) is 11.7 Å². The molecule has 3 aromatic carbocycles. The lowest BCUT2D eigenvalue weighted by Crippen LogP contribution is -2.29. The molecule has 0 saturated carbocycles. The zero-order valence-corrected chi connectivity index (χ0v) is 19.1. The molecular weight excluding hydrogens is 434 g/mol. The molecule has 1 amide bonds. The van der Waals surface area contributed by atoms with Gasteiger partial charge in [0.2, 0.25) is 0 Å². The highest BCUT2D eigenvalue weighted by molar-refractivity contribution is 6.51. The smallest absolute Gasteiger partial charge is 0.300 e. The number of hydrogen-bond acceptors (Lipinski definition) is 6. The van der Waals surface area contributed by atoms with Gasteiger partial charge in [0.1, 0.15) is 23.0 Å². The number of ketones is 1. The Kier molecular flexibility index (Phi) is 6.54. The van der Waals surface area contributed by atoms with Gasteiger partial charge in [0, 0.05) is 11.8 Å². The van der Waals surface area contributed by atoms with Gasteiger partial charge in [-0.15, -0.1) is 0 Å². The summed E-state index contributed by atoms with van der Waals surface area (Å²) in [6.45, 7) is 2.32. The average molecular weight is 459 g/mol. The van der Waals surface area contributed by atoms with Crippen molar-refractivity contribution >= 4 is 23.1 Å². The second kappa shape index (κ2) is 9.70. The van der Waals surface area contributed by atoms with E-state index in [2.05, 4.69) is 0 Å². The summed E-state index contributed by atoms with van der Waals surface area (Å²) in [5.74, 6) is -0.495. The van der Waals surface area contributed by atoms with Gasteiger partial charge in [-0.25, -0.2) is 0 Å². The largest absolute Gasteiger partial charge is 0.507 e. The monoisotopic (exact) mass is 459 g/mol. The predicted octanol–water partition coefficient (Wildman–Crippen LogP) is 4.73. The Hall–Kier alpha value is -4.26. The van der Waals surface area contributed by atoms with Crippen LogP contribution in [0.1, 0.15) is 24.1 Å². The second-order valence-electron chi connectivity index (χ2n) is 7.58. The van der Waals surface area contributed by atoms with E-state index in [-0.39, 0.29) is 16.9 Å². The first-order valence-corrected chi connectivity index (χ1v) is 10.8. The van der Waals surface area contributed by atoms with Crippen molar-refractivity contribution in [2.45, 2.75) is 13.0 Å². The van der Waals surface area contributed by atoms with Crippen molar-refractivity contribution in [3.8, 4) is 17.2 Å². The number of methoxy groups -OCH3 is 2. The number of aliphatic hydroxyl groups excluding tert-OH is 1. The molecule has 1 aliphatic heterocycles. The summed E-state index contributed by atoms with van der Waals surface area (Å²) in [7, 11) is 2.96. The van der Waals surface area contributed by atoms with Crippen molar-refractivity contribution in [2.75, 3.05) is 25.7 Å². The van der Waals surface area contributed by atoms with Gasteiger partial charge in [-0.1, -0.05) is 36.4 Å². The summed E-state index contributed by atoms with van der Waals surface area (Å²) in [6, 6.07) is 20.1. The number of rotatable bonds is 7. The van der Waals surface area contributed by atoms with Crippen LogP contribution in [0.25, 0.3) is 5.76 Å². The third-order valence-electron chi connectivity index (χ3n) is 5.63. The Bertz CT molecular complexity index is 1250. The minimum Gasteiger partial charge on any atom is -0.507 e. The van der Waals surface area contributed by atoms with Crippen LogP contribution in [0.5, 0.6) is 17.2 Å². The van der Waals surface area contributed by atoms with Crippen LogP contribution in [-0.2, 0) is 9.59 Å². The number of carbonyl (C=O) groups is 2. The van der Waals surface area contributed by atoms with E-state index >= 15 is 0 Å². The van der Waals surface area contributed by atoms with E-state index in [9.17, 15) is 14.7 Å². The molecule has 1 saturated heterocycles. The Morgan fingerprint density at radius 2 is 1.68 bits per heavy atom. The number of anilines is 1. The van der Waals surface area contributed by atoms with Crippen LogP contribution in [0.15, 0.2) is 78.4 Å². The lowest BCUT2D eigenvalue weighted by molar-refractivity contribution is -0.132. The summed E-state index contributed by atoms with van der Waals surface area (Å²) in [4.78, 5) is 28.0. The molecule has 34 heavy (non-hydrogen) atoms. The SMILES string of the molecule is CCOc1cccc(N2C(=O)C(=O)/C(=C(/O)c3cc(OC)ccc3OC)C2c2ccccc2)c1. The van der Waals surface area contributed by atoms with Gasteiger partial charge in [0.15, 0.2) is 0 Å². The number of benzene rings is 3. The lowest BCUT2D eigenvalue weighted by atomic mass is 9.94. The molecule has 1 N–H and O–H groups in total. The summed E-state index contributed by atoms with van der Waals surface area (Å²) >= 11 is 0. The number of hydrogen-bond donors (Lipinski definition) is 1. The van der Waals surface area contributed by atoms with Crippen LogP contribution in [0, 0.1) is 0 Å². The molecule has 7 nitrogen and oxygen atoms in total. The van der Waals surface area contributed by atoms with Crippen LogP contribution < -0.4 is 19.1 Å². The van der Waals surface area contributed by atoms with Crippen LogP contribution in [0.4, 0.5) is 5.69 Å². The number of ether oxygens (including phenoxy) is 3. The molecule has 174 valence electrons. The van der Waals surface area contributed by atoms with Gasteiger partial charge in [-0.05, 0) is 42.8 Å². The minimum absolute atomic E-state index is 0.0374. The summed E-state index contributed by atoms with van der Waals surface area (Å²) in [5.41, 5.74) is 1.37. The zero-order valence-electron chi connectivity index (χ0n) is 19.1. The maximum absolute atomic E-state index is 13.3. The van der Waals surface area contributed by atoms with Crippen molar-refractivity contribution < 1.29 is 28.9 Å². The van der Waals surface area contributed by atoms with E-state index in [1.165, 1.54) is 19.1 Å². The fraction of sp³-hybridized carbons (Fsp3) is 0.185. The van der Waals surface area contributed by atoms with Gasteiger partial charge >= 0.3 is 0 Å². The quantitative estimate of drug-likeness (QED) is 0.312. The molecule has 3 aromatic rings. The third kappa shape index (κ3) is 4.08. The van der Waals surface area contributed by atoms with E-state index < -0.39 is 17.7 Å². The van der Waals surface area contributed by atoms with E-state index in [1.807, 2.05) is 37.3 Å². The molecule has 0 bridgehead atoms. The Balaban J connectivity index is 1.95. The fourth-order valence-corrected chi connectivity index (χ4v) is 4.08. The molecule has 1 heterocycles. The molecule has 0 aliphatic carbocycles. The third-order valence-corrected chi connectivity index (χ3v) is 5.63. The first-order valence-electron chi connectivity index (χ1n) is 10.8. The summed E-state index contributed by atoms with van der Waals surface area (Å²) in [6.07, 6.45) is 0. The minimum atomic E-state index is -0.853. The van der Waals surface area contributed by atoms with Gasteiger partial charge in [-0.2, -0.15) is 0 Å². The number of Topliss-reactive ketones (excluding diaryl/α,β-unsaturated/α-hetero) is 1.